The predicted molar refractivity (Wildman–Crippen MR) is 71.3 cm³/mol. The molecule has 0 unspecified atom stereocenters. The largest absolute Gasteiger partial charge is 0.489 e. The lowest BCUT2D eigenvalue weighted by molar-refractivity contribution is 0.306. The van der Waals surface area contributed by atoms with Gasteiger partial charge in [0.05, 0.1) is 6.21 Å². The molecule has 0 amide bonds. The maximum absolute atomic E-state index is 8.40. The maximum atomic E-state index is 8.40. The number of benzene rings is 2. The van der Waals surface area contributed by atoms with Crippen LogP contribution in [-0.2, 0) is 6.61 Å². The van der Waals surface area contributed by atoms with Crippen LogP contribution in [0, 0.1) is 6.92 Å². The Morgan fingerprint density at radius 2 is 1.72 bits per heavy atom. The average Bonchev–Trinajstić information content (AvgIpc) is 2.40. The minimum atomic E-state index is 0.549. The van der Waals surface area contributed by atoms with E-state index >= 15 is 0 Å². The third kappa shape index (κ3) is 3.35. The molecule has 0 saturated heterocycles. The van der Waals surface area contributed by atoms with Crippen LogP contribution in [0.5, 0.6) is 5.75 Å². The first kappa shape index (κ1) is 12.2. The quantitative estimate of drug-likeness (QED) is 0.506. The Kier molecular flexibility index (Phi) is 3.97. The molecule has 3 nitrogen and oxygen atoms in total. The summed E-state index contributed by atoms with van der Waals surface area (Å²) in [5.41, 5.74) is 3.22. The summed E-state index contributed by atoms with van der Waals surface area (Å²) in [6.45, 7) is 2.61. The van der Waals surface area contributed by atoms with Crippen LogP contribution in [0.4, 0.5) is 0 Å². The summed E-state index contributed by atoms with van der Waals surface area (Å²) in [6.07, 6.45) is 1.38. The van der Waals surface area contributed by atoms with Crippen LogP contribution in [0.2, 0.25) is 0 Å². The van der Waals surface area contributed by atoms with Crippen LogP contribution in [0.3, 0.4) is 0 Å². The van der Waals surface area contributed by atoms with Crippen molar-refractivity contribution in [1.82, 2.24) is 0 Å². The topological polar surface area (TPSA) is 41.8 Å². The van der Waals surface area contributed by atoms with Gasteiger partial charge >= 0.3 is 0 Å². The fourth-order valence-corrected chi connectivity index (χ4v) is 1.57. The number of oxime groups is 1. The fraction of sp³-hybridized carbons (Fsp3) is 0.133. The van der Waals surface area contributed by atoms with E-state index < -0.39 is 0 Å². The molecular formula is C15H15NO2. The highest BCUT2D eigenvalue weighted by molar-refractivity contribution is 5.79. The standard InChI is InChI=1S/C15H15NO2/c1-12-2-4-14(5-3-12)11-18-15-8-6-13(7-9-15)10-16-17/h2-10,17H,11H2,1H3/b16-10-. The third-order valence-corrected chi connectivity index (χ3v) is 2.61. The molecule has 0 aliphatic carbocycles. The first-order valence-corrected chi connectivity index (χ1v) is 5.74. The molecule has 0 heterocycles. The van der Waals surface area contributed by atoms with Gasteiger partial charge in [-0.05, 0) is 42.3 Å². The van der Waals surface area contributed by atoms with Gasteiger partial charge in [-0.1, -0.05) is 35.0 Å². The van der Waals surface area contributed by atoms with Gasteiger partial charge in [0.25, 0.3) is 0 Å². The predicted octanol–water partition coefficient (Wildman–Crippen LogP) is 3.38. The molecule has 2 rings (SSSR count). The number of hydrogen-bond acceptors (Lipinski definition) is 3. The van der Waals surface area contributed by atoms with Crippen LogP contribution in [0.25, 0.3) is 0 Å². The van der Waals surface area contributed by atoms with Crippen LogP contribution < -0.4 is 4.74 Å². The Labute approximate surface area is 106 Å². The van der Waals surface area contributed by atoms with E-state index in [0.717, 1.165) is 16.9 Å². The zero-order valence-corrected chi connectivity index (χ0v) is 10.2. The van der Waals surface area contributed by atoms with Gasteiger partial charge in [-0.2, -0.15) is 0 Å². The second-order valence-corrected chi connectivity index (χ2v) is 4.09. The van der Waals surface area contributed by atoms with Crippen molar-refractivity contribution in [3.8, 4) is 5.75 Å². The Hall–Kier alpha value is -2.29. The lowest BCUT2D eigenvalue weighted by Gasteiger charge is -2.06. The fourth-order valence-electron chi connectivity index (χ4n) is 1.57. The molecule has 0 fully saturated rings. The average molecular weight is 241 g/mol. The molecule has 0 aliphatic rings. The van der Waals surface area contributed by atoms with Crippen LogP contribution in [0.1, 0.15) is 16.7 Å². The van der Waals surface area contributed by atoms with Gasteiger partial charge in [-0.25, -0.2) is 0 Å². The van der Waals surface area contributed by atoms with E-state index in [0.29, 0.717) is 6.61 Å². The first-order valence-electron chi connectivity index (χ1n) is 5.74. The van der Waals surface area contributed by atoms with Gasteiger partial charge in [0.1, 0.15) is 12.4 Å². The molecule has 0 spiro atoms. The van der Waals surface area contributed by atoms with Crippen LogP contribution >= 0.6 is 0 Å². The molecule has 1 N–H and O–H groups in total. The molecule has 0 saturated carbocycles. The van der Waals surface area contributed by atoms with E-state index in [4.69, 9.17) is 9.94 Å². The monoisotopic (exact) mass is 241 g/mol. The highest BCUT2D eigenvalue weighted by Crippen LogP contribution is 2.13. The number of aryl methyl sites for hydroxylation is 1. The van der Waals surface area contributed by atoms with Gasteiger partial charge in [-0.3, -0.25) is 0 Å². The summed E-state index contributed by atoms with van der Waals surface area (Å²) in [5.74, 6) is 0.797. The van der Waals surface area contributed by atoms with Crippen molar-refractivity contribution in [3.63, 3.8) is 0 Å². The SMILES string of the molecule is Cc1ccc(COc2ccc(/C=N\O)cc2)cc1. The molecule has 3 heteroatoms. The lowest BCUT2D eigenvalue weighted by atomic mass is 10.2. The highest BCUT2D eigenvalue weighted by Gasteiger charge is 1.96. The summed E-state index contributed by atoms with van der Waals surface area (Å²) in [7, 11) is 0. The number of ether oxygens (including phenoxy) is 1. The molecule has 2 aromatic carbocycles. The Balaban J connectivity index is 1.95. The Morgan fingerprint density at radius 1 is 1.06 bits per heavy atom. The number of hydrogen-bond donors (Lipinski definition) is 1. The Morgan fingerprint density at radius 3 is 2.33 bits per heavy atom. The van der Waals surface area contributed by atoms with E-state index in [1.54, 1.807) is 0 Å². The van der Waals surface area contributed by atoms with E-state index in [1.807, 2.05) is 24.3 Å². The maximum Gasteiger partial charge on any atom is 0.119 e. The number of rotatable bonds is 4. The van der Waals surface area contributed by atoms with Crippen molar-refractivity contribution >= 4 is 6.21 Å². The zero-order chi connectivity index (χ0) is 12.8. The van der Waals surface area contributed by atoms with E-state index in [-0.39, 0.29) is 0 Å². The van der Waals surface area contributed by atoms with Gasteiger partial charge in [0.2, 0.25) is 0 Å². The van der Waals surface area contributed by atoms with Crippen molar-refractivity contribution in [2.45, 2.75) is 13.5 Å². The number of nitrogens with zero attached hydrogens (tertiary/aromatic N) is 1. The zero-order valence-electron chi connectivity index (χ0n) is 10.2. The van der Waals surface area contributed by atoms with E-state index in [2.05, 4.69) is 36.3 Å². The van der Waals surface area contributed by atoms with Gasteiger partial charge in [0, 0.05) is 0 Å². The van der Waals surface area contributed by atoms with E-state index in [1.165, 1.54) is 11.8 Å². The molecule has 92 valence electrons. The first-order chi connectivity index (χ1) is 8.78. The van der Waals surface area contributed by atoms with Crippen molar-refractivity contribution in [2.75, 3.05) is 0 Å². The second-order valence-electron chi connectivity index (χ2n) is 4.09. The molecule has 0 aliphatic heterocycles. The van der Waals surface area contributed by atoms with Crippen molar-refractivity contribution in [3.05, 3.63) is 65.2 Å². The van der Waals surface area contributed by atoms with Gasteiger partial charge in [0.15, 0.2) is 0 Å². The minimum absolute atomic E-state index is 0.549. The summed E-state index contributed by atoms with van der Waals surface area (Å²) in [5, 5.41) is 11.4. The molecule has 0 aromatic heterocycles. The third-order valence-electron chi connectivity index (χ3n) is 2.61. The van der Waals surface area contributed by atoms with Crippen molar-refractivity contribution < 1.29 is 9.94 Å². The van der Waals surface area contributed by atoms with Crippen molar-refractivity contribution in [2.24, 2.45) is 5.16 Å². The molecule has 2 aromatic rings. The summed E-state index contributed by atoms with van der Waals surface area (Å²) < 4.78 is 5.66. The van der Waals surface area contributed by atoms with Crippen LogP contribution in [-0.4, -0.2) is 11.4 Å². The summed E-state index contributed by atoms with van der Waals surface area (Å²) >= 11 is 0. The second kappa shape index (κ2) is 5.87. The highest BCUT2D eigenvalue weighted by atomic mass is 16.5. The van der Waals surface area contributed by atoms with Gasteiger partial charge < -0.3 is 9.94 Å². The molecule has 18 heavy (non-hydrogen) atoms. The molecule has 0 bridgehead atoms. The lowest BCUT2D eigenvalue weighted by Crippen LogP contribution is -1.95. The van der Waals surface area contributed by atoms with Crippen molar-refractivity contribution in [1.29, 1.82) is 0 Å². The molecule has 0 radical (unpaired) electrons. The normalized spacial score (nSPS) is 10.7. The summed E-state index contributed by atoms with van der Waals surface area (Å²) in [4.78, 5) is 0. The summed E-state index contributed by atoms with van der Waals surface area (Å²) in [6, 6.07) is 15.6. The van der Waals surface area contributed by atoms with E-state index in [9.17, 15) is 0 Å². The van der Waals surface area contributed by atoms with Gasteiger partial charge in [-0.15, -0.1) is 0 Å². The molecular weight excluding hydrogens is 226 g/mol. The Bertz CT molecular complexity index is 515. The smallest absolute Gasteiger partial charge is 0.119 e. The molecule has 0 atom stereocenters. The minimum Gasteiger partial charge on any atom is -0.489 e. The van der Waals surface area contributed by atoms with Crippen LogP contribution in [0.15, 0.2) is 53.7 Å².